The third-order valence-electron chi connectivity index (χ3n) is 2.49. The average molecular weight is 238 g/mol. The Morgan fingerprint density at radius 3 is 2.50 bits per heavy atom. The fraction of sp³-hybridized carbons (Fsp3) is 0.0833. The standard InChI is InChI=1S/C12H10N6/c1-7-14-9-10(13)15-11(16-12(9)18-17-7)8-5-3-2-4-6-8/h2-6H,1H3,(H2,13,15,16,18). The third-order valence-corrected chi connectivity index (χ3v) is 2.49. The Morgan fingerprint density at radius 2 is 1.72 bits per heavy atom. The van der Waals surface area contributed by atoms with Crippen LogP contribution in [0.1, 0.15) is 5.82 Å². The van der Waals surface area contributed by atoms with E-state index in [1.165, 1.54) is 0 Å². The molecule has 3 aromatic rings. The van der Waals surface area contributed by atoms with Crippen LogP contribution < -0.4 is 5.73 Å². The highest BCUT2D eigenvalue weighted by Gasteiger charge is 2.09. The molecule has 2 heterocycles. The quantitative estimate of drug-likeness (QED) is 0.688. The van der Waals surface area contributed by atoms with E-state index < -0.39 is 0 Å². The molecule has 0 amide bonds. The molecule has 2 N–H and O–H groups in total. The smallest absolute Gasteiger partial charge is 0.206 e. The van der Waals surface area contributed by atoms with Gasteiger partial charge in [-0.05, 0) is 6.92 Å². The van der Waals surface area contributed by atoms with Crippen LogP contribution in [-0.4, -0.2) is 25.1 Å². The van der Waals surface area contributed by atoms with Gasteiger partial charge >= 0.3 is 0 Å². The minimum atomic E-state index is 0.317. The number of anilines is 1. The zero-order valence-electron chi connectivity index (χ0n) is 9.70. The number of benzene rings is 1. The number of nitrogen functional groups attached to an aromatic ring is 1. The second-order valence-electron chi connectivity index (χ2n) is 3.83. The normalized spacial score (nSPS) is 10.7. The molecule has 6 nitrogen and oxygen atoms in total. The van der Waals surface area contributed by atoms with Crippen LogP contribution >= 0.6 is 0 Å². The SMILES string of the molecule is Cc1nnc2nc(-c3ccccc3)nc(N)c2n1. The second kappa shape index (κ2) is 3.99. The fourth-order valence-corrected chi connectivity index (χ4v) is 1.66. The Labute approximate surface area is 103 Å². The lowest BCUT2D eigenvalue weighted by Gasteiger charge is -2.03. The summed E-state index contributed by atoms with van der Waals surface area (Å²) in [6.07, 6.45) is 0. The lowest BCUT2D eigenvalue weighted by Crippen LogP contribution is -2.03. The molecule has 0 aliphatic heterocycles. The summed E-state index contributed by atoms with van der Waals surface area (Å²) in [5.41, 5.74) is 7.66. The van der Waals surface area contributed by atoms with Gasteiger partial charge in [0.15, 0.2) is 17.2 Å². The van der Waals surface area contributed by atoms with Gasteiger partial charge in [0.2, 0.25) is 5.65 Å². The molecule has 2 aromatic heterocycles. The Balaban J connectivity index is 2.25. The van der Waals surface area contributed by atoms with Gasteiger partial charge in [0, 0.05) is 5.56 Å². The van der Waals surface area contributed by atoms with E-state index in [0.717, 1.165) is 5.56 Å². The van der Waals surface area contributed by atoms with Crippen LogP contribution in [0, 0.1) is 6.92 Å². The van der Waals surface area contributed by atoms with Crippen molar-refractivity contribution in [3.05, 3.63) is 36.2 Å². The predicted molar refractivity (Wildman–Crippen MR) is 67.5 cm³/mol. The van der Waals surface area contributed by atoms with Crippen molar-refractivity contribution in [3.63, 3.8) is 0 Å². The van der Waals surface area contributed by atoms with E-state index in [9.17, 15) is 0 Å². The monoisotopic (exact) mass is 238 g/mol. The summed E-state index contributed by atoms with van der Waals surface area (Å²) in [6, 6.07) is 9.58. The highest BCUT2D eigenvalue weighted by Crippen LogP contribution is 2.19. The van der Waals surface area contributed by atoms with Gasteiger partial charge in [-0.1, -0.05) is 30.3 Å². The maximum Gasteiger partial charge on any atom is 0.206 e. The number of nitrogens with two attached hydrogens (primary N) is 1. The molecule has 1 aromatic carbocycles. The number of rotatable bonds is 1. The average Bonchev–Trinajstić information content (AvgIpc) is 2.40. The minimum absolute atomic E-state index is 0.317. The van der Waals surface area contributed by atoms with Crippen LogP contribution in [0.4, 0.5) is 5.82 Å². The maximum atomic E-state index is 5.88. The van der Waals surface area contributed by atoms with Crippen molar-refractivity contribution in [2.75, 3.05) is 5.73 Å². The molecule has 88 valence electrons. The first-order valence-corrected chi connectivity index (χ1v) is 5.44. The number of fused-ring (bicyclic) bond motifs is 1. The number of hydrogen-bond donors (Lipinski definition) is 1. The predicted octanol–water partition coefficient (Wildman–Crippen LogP) is 1.37. The van der Waals surface area contributed by atoms with E-state index in [-0.39, 0.29) is 0 Å². The zero-order valence-corrected chi connectivity index (χ0v) is 9.70. The van der Waals surface area contributed by atoms with Crippen molar-refractivity contribution in [3.8, 4) is 11.4 Å². The molecule has 0 aliphatic carbocycles. The lowest BCUT2D eigenvalue weighted by molar-refractivity contribution is 0.934. The molecule has 0 saturated carbocycles. The van der Waals surface area contributed by atoms with E-state index in [1.54, 1.807) is 6.92 Å². The van der Waals surface area contributed by atoms with Gasteiger partial charge in [-0.15, -0.1) is 10.2 Å². The van der Waals surface area contributed by atoms with E-state index >= 15 is 0 Å². The summed E-state index contributed by atoms with van der Waals surface area (Å²) >= 11 is 0. The van der Waals surface area contributed by atoms with Gasteiger partial charge in [0.05, 0.1) is 0 Å². The van der Waals surface area contributed by atoms with E-state index in [1.807, 2.05) is 30.3 Å². The van der Waals surface area contributed by atoms with Crippen molar-refractivity contribution in [1.29, 1.82) is 0 Å². The Bertz CT molecular complexity index is 710. The highest BCUT2D eigenvalue weighted by atomic mass is 15.2. The maximum absolute atomic E-state index is 5.88. The van der Waals surface area contributed by atoms with Crippen LogP contribution in [0.25, 0.3) is 22.6 Å². The van der Waals surface area contributed by atoms with Gasteiger partial charge in [-0.2, -0.15) is 0 Å². The molecule has 3 rings (SSSR count). The first kappa shape index (κ1) is 10.5. The van der Waals surface area contributed by atoms with E-state index in [4.69, 9.17) is 5.73 Å². The molecule has 18 heavy (non-hydrogen) atoms. The largest absolute Gasteiger partial charge is 0.382 e. The molecule has 0 fully saturated rings. The molecular formula is C12H10N6. The van der Waals surface area contributed by atoms with Gasteiger partial charge in [-0.3, -0.25) is 0 Å². The summed E-state index contributed by atoms with van der Waals surface area (Å²) in [6.45, 7) is 1.75. The van der Waals surface area contributed by atoms with E-state index in [2.05, 4.69) is 25.1 Å². The highest BCUT2D eigenvalue weighted by molar-refractivity contribution is 5.82. The molecule has 0 atom stereocenters. The summed E-state index contributed by atoms with van der Waals surface area (Å²) < 4.78 is 0. The van der Waals surface area contributed by atoms with Crippen LogP contribution in [0.2, 0.25) is 0 Å². The first-order valence-electron chi connectivity index (χ1n) is 5.44. The lowest BCUT2D eigenvalue weighted by atomic mass is 10.2. The van der Waals surface area contributed by atoms with Crippen LogP contribution in [0.15, 0.2) is 30.3 Å². The van der Waals surface area contributed by atoms with E-state index in [0.29, 0.717) is 28.6 Å². The molecule has 0 unspecified atom stereocenters. The third kappa shape index (κ3) is 1.73. The van der Waals surface area contributed by atoms with Crippen molar-refractivity contribution in [1.82, 2.24) is 25.1 Å². The summed E-state index contributed by atoms with van der Waals surface area (Å²) in [5.74, 6) is 1.39. The summed E-state index contributed by atoms with van der Waals surface area (Å²) in [4.78, 5) is 12.8. The van der Waals surface area contributed by atoms with Gasteiger partial charge in [0.1, 0.15) is 5.82 Å². The molecular weight excluding hydrogens is 228 g/mol. The zero-order chi connectivity index (χ0) is 12.5. The van der Waals surface area contributed by atoms with Gasteiger partial charge < -0.3 is 5.73 Å². The Hall–Kier alpha value is -2.63. The van der Waals surface area contributed by atoms with Crippen molar-refractivity contribution < 1.29 is 0 Å². The Morgan fingerprint density at radius 1 is 0.944 bits per heavy atom. The molecule has 6 heteroatoms. The minimum Gasteiger partial charge on any atom is -0.382 e. The fourth-order valence-electron chi connectivity index (χ4n) is 1.66. The molecule has 0 radical (unpaired) electrons. The van der Waals surface area contributed by atoms with Gasteiger partial charge in [0.25, 0.3) is 0 Å². The van der Waals surface area contributed by atoms with Gasteiger partial charge in [-0.25, -0.2) is 15.0 Å². The van der Waals surface area contributed by atoms with Crippen molar-refractivity contribution in [2.45, 2.75) is 6.92 Å². The molecule has 0 saturated heterocycles. The topological polar surface area (TPSA) is 90.5 Å². The molecule has 0 spiro atoms. The Kier molecular flexibility index (Phi) is 2.33. The molecule has 0 bridgehead atoms. The number of aromatic nitrogens is 5. The number of nitrogens with zero attached hydrogens (tertiary/aromatic N) is 5. The summed E-state index contributed by atoms with van der Waals surface area (Å²) in [7, 11) is 0. The van der Waals surface area contributed by atoms with Crippen LogP contribution in [0.5, 0.6) is 0 Å². The summed E-state index contributed by atoms with van der Waals surface area (Å²) in [5, 5.41) is 7.86. The van der Waals surface area contributed by atoms with Crippen molar-refractivity contribution >= 4 is 17.0 Å². The van der Waals surface area contributed by atoms with Crippen molar-refractivity contribution in [2.24, 2.45) is 0 Å². The first-order chi connectivity index (χ1) is 8.74. The van der Waals surface area contributed by atoms with Crippen LogP contribution in [0.3, 0.4) is 0 Å². The number of aryl methyl sites for hydroxylation is 1. The van der Waals surface area contributed by atoms with Crippen LogP contribution in [-0.2, 0) is 0 Å². The molecule has 0 aliphatic rings. The second-order valence-corrected chi connectivity index (χ2v) is 3.83. The number of hydrogen-bond acceptors (Lipinski definition) is 6.